The maximum Gasteiger partial charge on any atom is 0.243 e. The average molecular weight is 176 g/mol. The fraction of sp³-hybridized carbons (Fsp3) is 0.667. The smallest absolute Gasteiger partial charge is 0.243 e. The van der Waals surface area contributed by atoms with Gasteiger partial charge < -0.3 is 0 Å². The normalized spacial score (nSPS) is 9.17. The van der Waals surface area contributed by atoms with Gasteiger partial charge in [0.25, 0.3) is 0 Å². The molecule has 0 unspecified atom stereocenters. The van der Waals surface area contributed by atoms with Gasteiger partial charge in [0, 0.05) is 12.8 Å². The van der Waals surface area contributed by atoms with E-state index in [2.05, 4.69) is 0 Å². The maximum absolute atomic E-state index is 10.4. The first-order valence-corrected chi connectivity index (χ1v) is 3.56. The summed E-state index contributed by atoms with van der Waals surface area (Å²) in [4.78, 5) is 20.8. The van der Waals surface area contributed by atoms with E-state index < -0.39 is 11.8 Å². The van der Waals surface area contributed by atoms with Crippen LogP contribution in [0.5, 0.6) is 0 Å². The summed E-state index contributed by atoms with van der Waals surface area (Å²) in [6.07, 6.45) is 1.35. The molecule has 2 amide bonds. The molecule has 0 aliphatic carbocycles. The van der Waals surface area contributed by atoms with E-state index in [-0.39, 0.29) is 12.8 Å². The number of rotatable bonds is 5. The van der Waals surface area contributed by atoms with Crippen LogP contribution in [0.25, 0.3) is 0 Å². The predicted molar refractivity (Wildman–Crippen MR) is 38.3 cm³/mol. The fourth-order valence-electron chi connectivity index (χ4n) is 0.683. The van der Waals surface area contributed by atoms with E-state index in [4.69, 9.17) is 10.4 Å². The molecule has 0 aliphatic rings. The van der Waals surface area contributed by atoms with Gasteiger partial charge in [-0.1, -0.05) is 0 Å². The Labute approximate surface area is 69.5 Å². The van der Waals surface area contributed by atoms with Crippen molar-refractivity contribution in [3.63, 3.8) is 0 Å². The molecule has 4 N–H and O–H groups in total. The molecule has 0 bridgehead atoms. The summed E-state index contributed by atoms with van der Waals surface area (Å²) in [5, 5.41) is 16.1. The number of carbonyl (C=O) groups is 2. The van der Waals surface area contributed by atoms with E-state index in [0.29, 0.717) is 12.8 Å². The van der Waals surface area contributed by atoms with E-state index in [1.165, 1.54) is 11.0 Å². The highest BCUT2D eigenvalue weighted by atomic mass is 16.5. The van der Waals surface area contributed by atoms with Gasteiger partial charge in [0.2, 0.25) is 11.8 Å². The molecule has 0 atom stereocenters. The molecule has 0 aromatic rings. The van der Waals surface area contributed by atoms with Crippen LogP contribution in [0.1, 0.15) is 25.7 Å². The van der Waals surface area contributed by atoms with Crippen molar-refractivity contribution in [2.75, 3.05) is 0 Å². The number of hydroxylamine groups is 2. The van der Waals surface area contributed by atoms with E-state index in [1.807, 2.05) is 0 Å². The van der Waals surface area contributed by atoms with E-state index in [9.17, 15) is 9.59 Å². The summed E-state index contributed by atoms with van der Waals surface area (Å²) in [5.74, 6) is -0.946. The summed E-state index contributed by atoms with van der Waals surface area (Å²) in [6, 6.07) is 0. The largest absolute Gasteiger partial charge is 0.289 e. The Balaban J connectivity index is 3.21. The van der Waals surface area contributed by atoms with Gasteiger partial charge in [-0.05, 0) is 12.8 Å². The minimum absolute atomic E-state index is 0.176. The van der Waals surface area contributed by atoms with E-state index in [0.717, 1.165) is 0 Å². The zero-order valence-electron chi connectivity index (χ0n) is 6.54. The van der Waals surface area contributed by atoms with Crippen LogP contribution >= 0.6 is 0 Å². The quantitative estimate of drug-likeness (QED) is 0.259. The fourth-order valence-corrected chi connectivity index (χ4v) is 0.683. The molecule has 6 heteroatoms. The number of hydrogen-bond acceptors (Lipinski definition) is 4. The van der Waals surface area contributed by atoms with Crippen molar-refractivity contribution in [3.8, 4) is 0 Å². The van der Waals surface area contributed by atoms with Gasteiger partial charge in [0.1, 0.15) is 0 Å². The lowest BCUT2D eigenvalue weighted by atomic mass is 10.2. The number of hydrogen-bond donors (Lipinski definition) is 4. The van der Waals surface area contributed by atoms with Crippen LogP contribution in [0.4, 0.5) is 0 Å². The molecule has 0 spiro atoms. The third-order valence-corrected chi connectivity index (χ3v) is 1.31. The summed E-state index contributed by atoms with van der Waals surface area (Å²) in [6.45, 7) is 0. The molecule has 70 valence electrons. The Morgan fingerprint density at radius 2 is 1.25 bits per heavy atom. The molecule has 0 rings (SSSR count). The molecule has 0 fully saturated rings. The molecule has 0 radical (unpaired) electrons. The monoisotopic (exact) mass is 176 g/mol. The summed E-state index contributed by atoms with van der Waals surface area (Å²) in [7, 11) is 0. The highest BCUT2D eigenvalue weighted by molar-refractivity contribution is 5.75. The maximum atomic E-state index is 10.4. The summed E-state index contributed by atoms with van der Waals surface area (Å²) in [5.41, 5.74) is 2.96. The van der Waals surface area contributed by atoms with Gasteiger partial charge in [-0.3, -0.25) is 20.0 Å². The van der Waals surface area contributed by atoms with Gasteiger partial charge in [-0.25, -0.2) is 11.0 Å². The van der Waals surface area contributed by atoms with Crippen LogP contribution in [0, 0.1) is 0 Å². The second kappa shape index (κ2) is 6.56. The minimum Gasteiger partial charge on any atom is -0.289 e. The van der Waals surface area contributed by atoms with Crippen LogP contribution in [0.2, 0.25) is 0 Å². The Hall–Kier alpha value is -1.14. The zero-order valence-corrected chi connectivity index (χ0v) is 6.54. The summed E-state index contributed by atoms with van der Waals surface area (Å²) >= 11 is 0. The standard InChI is InChI=1S/C6H12N2O4/c9-5(7-11)3-1-2-4-6(10)8-12/h11-12H,1-4H2,(H,7,9)(H,8,10). The number of nitrogens with one attached hydrogen (secondary N) is 2. The average Bonchev–Trinajstić information content (AvgIpc) is 2.11. The Kier molecular flexibility index (Phi) is 5.94. The SMILES string of the molecule is O=C(CCCCC(=O)NO)NO. The summed E-state index contributed by atoms with van der Waals surface area (Å²) < 4.78 is 0. The molecule has 12 heavy (non-hydrogen) atoms. The van der Waals surface area contributed by atoms with Gasteiger partial charge in [-0.15, -0.1) is 0 Å². The zero-order chi connectivity index (χ0) is 9.40. The van der Waals surface area contributed by atoms with Crippen LogP contribution in [0.15, 0.2) is 0 Å². The number of carbonyl (C=O) groups excluding carboxylic acids is 2. The number of amides is 2. The van der Waals surface area contributed by atoms with Crippen LogP contribution in [-0.2, 0) is 9.59 Å². The highest BCUT2D eigenvalue weighted by Gasteiger charge is 2.01. The van der Waals surface area contributed by atoms with Crippen LogP contribution in [0.3, 0.4) is 0 Å². The van der Waals surface area contributed by atoms with Gasteiger partial charge >= 0.3 is 0 Å². The van der Waals surface area contributed by atoms with E-state index in [1.54, 1.807) is 0 Å². The second-order valence-electron chi connectivity index (χ2n) is 2.28. The molecule has 0 aromatic heterocycles. The van der Waals surface area contributed by atoms with Crippen LogP contribution in [-0.4, -0.2) is 22.2 Å². The van der Waals surface area contributed by atoms with Crippen molar-refractivity contribution in [1.82, 2.24) is 11.0 Å². The molecule has 0 aromatic carbocycles. The topological polar surface area (TPSA) is 98.7 Å². The van der Waals surface area contributed by atoms with Crippen molar-refractivity contribution >= 4 is 11.8 Å². The van der Waals surface area contributed by atoms with Crippen molar-refractivity contribution < 1.29 is 20.0 Å². The first kappa shape index (κ1) is 10.9. The van der Waals surface area contributed by atoms with E-state index >= 15 is 0 Å². The molecular weight excluding hydrogens is 164 g/mol. The first-order valence-electron chi connectivity index (χ1n) is 3.56. The van der Waals surface area contributed by atoms with Gasteiger partial charge in [-0.2, -0.15) is 0 Å². The molecular formula is C6H12N2O4. The molecule has 0 saturated carbocycles. The predicted octanol–water partition coefficient (Wildman–Crippen LogP) is -0.442. The lowest BCUT2D eigenvalue weighted by Crippen LogP contribution is -2.19. The van der Waals surface area contributed by atoms with Crippen LogP contribution < -0.4 is 11.0 Å². The van der Waals surface area contributed by atoms with Crippen molar-refractivity contribution in [3.05, 3.63) is 0 Å². The Bertz CT molecular complexity index is 142. The third kappa shape index (κ3) is 5.63. The Morgan fingerprint density at radius 1 is 0.917 bits per heavy atom. The minimum atomic E-state index is -0.473. The first-order chi connectivity index (χ1) is 5.70. The third-order valence-electron chi connectivity index (χ3n) is 1.31. The lowest BCUT2D eigenvalue weighted by molar-refractivity contribution is -0.131. The lowest BCUT2D eigenvalue weighted by Gasteiger charge is -1.98. The highest BCUT2D eigenvalue weighted by Crippen LogP contribution is 1.98. The molecule has 0 heterocycles. The molecule has 0 aliphatic heterocycles. The van der Waals surface area contributed by atoms with Gasteiger partial charge in [0.05, 0.1) is 0 Å². The van der Waals surface area contributed by atoms with Crippen molar-refractivity contribution in [2.45, 2.75) is 25.7 Å². The second-order valence-corrected chi connectivity index (χ2v) is 2.28. The van der Waals surface area contributed by atoms with Gasteiger partial charge in [0.15, 0.2) is 0 Å². The van der Waals surface area contributed by atoms with Crippen molar-refractivity contribution in [1.29, 1.82) is 0 Å². The molecule has 6 nitrogen and oxygen atoms in total. The van der Waals surface area contributed by atoms with Crippen molar-refractivity contribution in [2.24, 2.45) is 0 Å². The number of unbranched alkanes of at least 4 members (excludes halogenated alkanes) is 1. The Morgan fingerprint density at radius 3 is 1.50 bits per heavy atom. The molecule has 0 saturated heterocycles.